The topological polar surface area (TPSA) is 72.2 Å². The Balaban J connectivity index is 2.46. The molecule has 0 atom stereocenters. The van der Waals surface area contributed by atoms with Crippen LogP contribution in [0.2, 0.25) is 5.02 Å². The second kappa shape index (κ2) is 5.26. The van der Waals surface area contributed by atoms with Crippen LogP contribution in [0.25, 0.3) is 0 Å². The number of halogens is 3. The maximum Gasteiger partial charge on any atom is 0.263 e. The van der Waals surface area contributed by atoms with Crippen molar-refractivity contribution in [3.05, 3.63) is 53.1 Å². The number of anilines is 2. The minimum Gasteiger partial charge on any atom is -0.399 e. The van der Waals surface area contributed by atoms with Crippen molar-refractivity contribution in [2.45, 2.75) is 4.90 Å². The molecule has 0 saturated heterocycles. The van der Waals surface area contributed by atoms with E-state index in [-0.39, 0.29) is 15.6 Å². The summed E-state index contributed by atoms with van der Waals surface area (Å²) in [6, 6.07) is 6.27. The molecule has 8 heteroatoms. The van der Waals surface area contributed by atoms with E-state index in [1.54, 1.807) is 0 Å². The van der Waals surface area contributed by atoms with E-state index in [9.17, 15) is 17.2 Å². The zero-order valence-electron chi connectivity index (χ0n) is 9.90. The molecule has 4 nitrogen and oxygen atoms in total. The lowest BCUT2D eigenvalue weighted by atomic mass is 10.3. The third-order valence-corrected chi connectivity index (χ3v) is 4.26. The van der Waals surface area contributed by atoms with Crippen LogP contribution in [-0.4, -0.2) is 8.42 Å². The van der Waals surface area contributed by atoms with Crippen molar-refractivity contribution in [1.82, 2.24) is 0 Å². The van der Waals surface area contributed by atoms with E-state index >= 15 is 0 Å². The van der Waals surface area contributed by atoms with Crippen LogP contribution in [0.15, 0.2) is 41.3 Å². The molecule has 2 aromatic carbocycles. The summed E-state index contributed by atoms with van der Waals surface area (Å²) in [5, 5.41) is -0.0801. The SMILES string of the molecule is Nc1ccc(Cl)c(S(=O)(=O)Nc2cc(F)ccc2F)c1. The van der Waals surface area contributed by atoms with E-state index in [0.29, 0.717) is 0 Å². The van der Waals surface area contributed by atoms with Crippen LogP contribution < -0.4 is 10.5 Å². The molecule has 0 unspecified atom stereocenters. The Morgan fingerprint density at radius 1 is 1.10 bits per heavy atom. The zero-order valence-corrected chi connectivity index (χ0v) is 11.5. The predicted octanol–water partition coefficient (Wildman–Crippen LogP) is 3.00. The summed E-state index contributed by atoms with van der Waals surface area (Å²) in [6.45, 7) is 0. The molecule has 0 spiro atoms. The molecule has 0 amide bonds. The second-order valence-corrected chi connectivity index (χ2v) is 5.98. The van der Waals surface area contributed by atoms with E-state index in [1.165, 1.54) is 12.1 Å². The van der Waals surface area contributed by atoms with E-state index < -0.39 is 27.3 Å². The van der Waals surface area contributed by atoms with Crippen LogP contribution in [0.3, 0.4) is 0 Å². The van der Waals surface area contributed by atoms with Crippen LogP contribution in [-0.2, 0) is 10.0 Å². The van der Waals surface area contributed by atoms with Crippen LogP contribution in [0.5, 0.6) is 0 Å². The number of benzene rings is 2. The van der Waals surface area contributed by atoms with Gasteiger partial charge in [-0.1, -0.05) is 11.6 Å². The first-order valence-corrected chi connectivity index (χ1v) is 7.18. The second-order valence-electron chi connectivity index (χ2n) is 3.92. The third-order valence-electron chi connectivity index (χ3n) is 2.42. The number of nitrogens with two attached hydrogens (primary N) is 1. The van der Waals surface area contributed by atoms with Gasteiger partial charge in [-0.15, -0.1) is 0 Å². The smallest absolute Gasteiger partial charge is 0.263 e. The molecule has 0 heterocycles. The quantitative estimate of drug-likeness (QED) is 0.854. The minimum absolute atomic E-state index is 0.0801. The van der Waals surface area contributed by atoms with Crippen LogP contribution in [0.4, 0.5) is 20.2 Å². The summed E-state index contributed by atoms with van der Waals surface area (Å²) < 4.78 is 52.6. The fourth-order valence-electron chi connectivity index (χ4n) is 1.50. The highest BCUT2D eigenvalue weighted by Crippen LogP contribution is 2.26. The first-order chi connectivity index (χ1) is 9.29. The number of nitrogens with one attached hydrogen (secondary N) is 1. The largest absolute Gasteiger partial charge is 0.399 e. The summed E-state index contributed by atoms with van der Waals surface area (Å²) in [5.74, 6) is -1.68. The lowest BCUT2D eigenvalue weighted by Gasteiger charge is -2.10. The van der Waals surface area contributed by atoms with Crippen LogP contribution >= 0.6 is 11.6 Å². The molecule has 2 aromatic rings. The van der Waals surface area contributed by atoms with Crippen molar-refractivity contribution in [2.24, 2.45) is 0 Å². The molecule has 106 valence electrons. The Hall–Kier alpha value is -1.86. The van der Waals surface area contributed by atoms with Crippen molar-refractivity contribution < 1.29 is 17.2 Å². The van der Waals surface area contributed by atoms with Gasteiger partial charge in [0.15, 0.2) is 0 Å². The standard InChI is InChI=1S/C12H9ClF2N2O2S/c13-9-3-2-8(16)6-12(9)20(18,19)17-11-5-7(14)1-4-10(11)15/h1-6,17H,16H2. The summed E-state index contributed by atoms with van der Waals surface area (Å²) in [5.41, 5.74) is 5.15. The van der Waals surface area contributed by atoms with Gasteiger partial charge in [0.1, 0.15) is 16.5 Å². The fourth-order valence-corrected chi connectivity index (χ4v) is 3.10. The van der Waals surface area contributed by atoms with E-state index in [1.807, 2.05) is 4.72 Å². The number of nitrogen functional groups attached to an aromatic ring is 1. The Morgan fingerprint density at radius 2 is 1.80 bits per heavy atom. The van der Waals surface area contributed by atoms with Gasteiger partial charge in [0.2, 0.25) is 0 Å². The predicted molar refractivity (Wildman–Crippen MR) is 73.0 cm³/mol. The summed E-state index contributed by atoms with van der Waals surface area (Å²) in [7, 11) is -4.17. The van der Waals surface area contributed by atoms with Gasteiger partial charge in [0.25, 0.3) is 10.0 Å². The number of rotatable bonds is 3. The van der Waals surface area contributed by atoms with Gasteiger partial charge in [-0.05, 0) is 30.3 Å². The normalized spacial score (nSPS) is 11.3. The van der Waals surface area contributed by atoms with Gasteiger partial charge in [0, 0.05) is 11.8 Å². The first kappa shape index (κ1) is 14.5. The monoisotopic (exact) mass is 318 g/mol. The summed E-state index contributed by atoms with van der Waals surface area (Å²) in [6.07, 6.45) is 0. The number of sulfonamides is 1. The summed E-state index contributed by atoms with van der Waals surface area (Å²) in [4.78, 5) is -0.317. The molecule has 3 N–H and O–H groups in total. The Labute approximate surface area is 119 Å². The van der Waals surface area contributed by atoms with E-state index in [2.05, 4.69) is 0 Å². The lowest BCUT2D eigenvalue weighted by Crippen LogP contribution is -2.15. The maximum atomic E-state index is 13.4. The fraction of sp³-hybridized carbons (Fsp3) is 0. The zero-order chi connectivity index (χ0) is 14.9. The number of hydrogen-bond donors (Lipinski definition) is 2. The number of hydrogen-bond acceptors (Lipinski definition) is 3. The molecule has 0 saturated carbocycles. The minimum atomic E-state index is -4.17. The molecule has 0 aromatic heterocycles. The third kappa shape index (κ3) is 3.00. The van der Waals surface area contributed by atoms with Crippen molar-refractivity contribution in [3.8, 4) is 0 Å². The average molecular weight is 319 g/mol. The molecule has 0 aliphatic carbocycles. The van der Waals surface area contributed by atoms with E-state index in [0.717, 1.165) is 24.3 Å². The van der Waals surface area contributed by atoms with Crippen LogP contribution in [0.1, 0.15) is 0 Å². The van der Waals surface area contributed by atoms with Gasteiger partial charge in [-0.2, -0.15) is 0 Å². The Morgan fingerprint density at radius 3 is 2.50 bits per heavy atom. The van der Waals surface area contributed by atoms with E-state index in [4.69, 9.17) is 17.3 Å². The van der Waals surface area contributed by atoms with Crippen molar-refractivity contribution in [1.29, 1.82) is 0 Å². The highest BCUT2D eigenvalue weighted by molar-refractivity contribution is 7.92. The Bertz CT molecular complexity index is 766. The summed E-state index contributed by atoms with van der Waals surface area (Å²) >= 11 is 5.78. The maximum absolute atomic E-state index is 13.4. The molecule has 0 bridgehead atoms. The van der Waals surface area contributed by atoms with Crippen molar-refractivity contribution >= 4 is 33.0 Å². The molecular weight excluding hydrogens is 310 g/mol. The van der Waals surface area contributed by atoms with Crippen LogP contribution in [0, 0.1) is 11.6 Å². The molecule has 0 aliphatic rings. The molecule has 0 radical (unpaired) electrons. The lowest BCUT2D eigenvalue weighted by molar-refractivity contribution is 0.594. The highest BCUT2D eigenvalue weighted by atomic mass is 35.5. The molecule has 2 rings (SSSR count). The van der Waals surface area contributed by atoms with Gasteiger partial charge >= 0.3 is 0 Å². The molecule has 0 aliphatic heterocycles. The van der Waals surface area contributed by atoms with Gasteiger partial charge in [0.05, 0.1) is 10.7 Å². The molecule has 20 heavy (non-hydrogen) atoms. The van der Waals surface area contributed by atoms with Crippen molar-refractivity contribution in [3.63, 3.8) is 0 Å². The molecular formula is C12H9ClF2N2O2S. The van der Waals surface area contributed by atoms with Gasteiger partial charge in [-0.25, -0.2) is 17.2 Å². The average Bonchev–Trinajstić information content (AvgIpc) is 2.36. The van der Waals surface area contributed by atoms with Gasteiger partial charge in [-0.3, -0.25) is 4.72 Å². The molecule has 0 fully saturated rings. The first-order valence-electron chi connectivity index (χ1n) is 5.32. The van der Waals surface area contributed by atoms with Crippen molar-refractivity contribution in [2.75, 3.05) is 10.5 Å². The Kier molecular flexibility index (Phi) is 3.82. The highest BCUT2D eigenvalue weighted by Gasteiger charge is 2.20. The van der Waals surface area contributed by atoms with Gasteiger partial charge < -0.3 is 5.73 Å².